The van der Waals surface area contributed by atoms with Gasteiger partial charge in [-0.05, 0) is 11.5 Å². The average Bonchev–Trinajstić information content (AvgIpc) is 2.72. The topological polar surface area (TPSA) is 57.6 Å². The quantitative estimate of drug-likeness (QED) is 0.866. The molecule has 2 unspecified atom stereocenters. The van der Waals surface area contributed by atoms with Crippen LogP contribution in [0.1, 0.15) is 18.0 Å². The van der Waals surface area contributed by atoms with Crippen molar-refractivity contribution in [3.63, 3.8) is 0 Å². The van der Waals surface area contributed by atoms with E-state index >= 15 is 0 Å². The number of amides is 1. The number of carbonyl (C=O) groups is 2. The molecule has 1 N–H and O–H groups in total. The fourth-order valence-corrected chi connectivity index (χ4v) is 2.69. The van der Waals surface area contributed by atoms with Crippen molar-refractivity contribution >= 4 is 27.8 Å². The van der Waals surface area contributed by atoms with Crippen LogP contribution < -0.4 is 0 Å². The first-order valence-corrected chi connectivity index (χ1v) is 6.88. The first-order chi connectivity index (χ1) is 8.63. The molecule has 1 amide bonds. The predicted octanol–water partition coefficient (Wildman–Crippen LogP) is 2.06. The van der Waals surface area contributed by atoms with Crippen LogP contribution in [0.5, 0.6) is 0 Å². The van der Waals surface area contributed by atoms with E-state index in [1.165, 1.54) is 4.90 Å². The maximum Gasteiger partial charge on any atom is 0.331 e. The molecule has 4 nitrogen and oxygen atoms in total. The molecule has 0 aliphatic carbocycles. The number of carboxylic acids is 1. The van der Waals surface area contributed by atoms with Crippen LogP contribution in [0.2, 0.25) is 0 Å². The highest BCUT2D eigenvalue weighted by molar-refractivity contribution is 9.09. The summed E-state index contributed by atoms with van der Waals surface area (Å²) in [5.74, 6) is -0.872. The summed E-state index contributed by atoms with van der Waals surface area (Å²) in [7, 11) is 0. The Balaban J connectivity index is 2.27. The largest absolute Gasteiger partial charge is 0.479 e. The van der Waals surface area contributed by atoms with Gasteiger partial charge in [0.05, 0.1) is 0 Å². The number of rotatable bonds is 4. The Labute approximate surface area is 114 Å². The minimum absolute atomic E-state index is 0.0873. The first kappa shape index (κ1) is 13.1. The minimum Gasteiger partial charge on any atom is -0.479 e. The third-order valence-electron chi connectivity index (χ3n) is 3.12. The Kier molecular flexibility index (Phi) is 4.01. The minimum atomic E-state index is -0.982. The zero-order valence-corrected chi connectivity index (χ0v) is 11.3. The van der Waals surface area contributed by atoms with Crippen molar-refractivity contribution in [3.8, 4) is 0 Å². The summed E-state index contributed by atoms with van der Waals surface area (Å²) in [5.41, 5.74) is 0.647. The number of hydrogen-bond acceptors (Lipinski definition) is 2. The van der Waals surface area contributed by atoms with Crippen molar-refractivity contribution in [2.45, 2.75) is 12.5 Å². The van der Waals surface area contributed by atoms with E-state index in [0.29, 0.717) is 18.5 Å². The van der Waals surface area contributed by atoms with Crippen LogP contribution in [0.15, 0.2) is 30.3 Å². The van der Waals surface area contributed by atoms with Crippen LogP contribution in [-0.2, 0) is 9.59 Å². The van der Waals surface area contributed by atoms with Gasteiger partial charge < -0.3 is 10.0 Å². The highest BCUT2D eigenvalue weighted by atomic mass is 79.9. The Bertz CT molecular complexity index is 449. The number of carbonyl (C=O) groups excluding carboxylic acids is 1. The molecule has 1 fully saturated rings. The molecule has 96 valence electrons. The van der Waals surface area contributed by atoms with Crippen molar-refractivity contribution in [1.82, 2.24) is 4.90 Å². The van der Waals surface area contributed by atoms with Gasteiger partial charge in [0.1, 0.15) is 0 Å². The van der Waals surface area contributed by atoms with E-state index in [1.54, 1.807) is 24.3 Å². The SMILES string of the molecule is O=C(O)C(c1ccccc1)N1CC(CBr)CC1=O. The van der Waals surface area contributed by atoms with Gasteiger partial charge >= 0.3 is 5.97 Å². The molecule has 2 atom stereocenters. The van der Waals surface area contributed by atoms with E-state index in [1.807, 2.05) is 6.07 Å². The van der Waals surface area contributed by atoms with E-state index in [9.17, 15) is 14.7 Å². The number of nitrogens with zero attached hydrogens (tertiary/aromatic N) is 1. The normalized spacial score (nSPS) is 21.1. The maximum atomic E-state index is 11.9. The third-order valence-corrected chi connectivity index (χ3v) is 4.03. The molecule has 1 aliphatic rings. The van der Waals surface area contributed by atoms with Crippen LogP contribution in [0.3, 0.4) is 0 Å². The van der Waals surface area contributed by atoms with E-state index in [4.69, 9.17) is 0 Å². The zero-order chi connectivity index (χ0) is 13.1. The van der Waals surface area contributed by atoms with Gasteiger partial charge in [-0.25, -0.2) is 4.79 Å². The monoisotopic (exact) mass is 311 g/mol. The van der Waals surface area contributed by atoms with Crippen molar-refractivity contribution in [2.75, 3.05) is 11.9 Å². The molecule has 1 heterocycles. The number of carboxylic acid groups (broad SMARTS) is 1. The average molecular weight is 312 g/mol. The van der Waals surface area contributed by atoms with E-state index in [-0.39, 0.29) is 11.8 Å². The predicted molar refractivity (Wildman–Crippen MR) is 70.4 cm³/mol. The second-order valence-electron chi connectivity index (χ2n) is 4.42. The van der Waals surface area contributed by atoms with Gasteiger partial charge in [0.25, 0.3) is 0 Å². The number of alkyl halides is 1. The van der Waals surface area contributed by atoms with Gasteiger partial charge in [0.2, 0.25) is 5.91 Å². The summed E-state index contributed by atoms with van der Waals surface area (Å²) in [6.45, 7) is 0.496. The summed E-state index contributed by atoms with van der Waals surface area (Å²) < 4.78 is 0. The second kappa shape index (κ2) is 5.52. The van der Waals surface area contributed by atoms with Gasteiger partial charge in [0, 0.05) is 18.3 Å². The lowest BCUT2D eigenvalue weighted by molar-refractivity contribution is -0.148. The zero-order valence-electron chi connectivity index (χ0n) is 9.75. The number of hydrogen-bond donors (Lipinski definition) is 1. The number of likely N-dealkylation sites (tertiary alicyclic amines) is 1. The molecule has 0 spiro atoms. The lowest BCUT2D eigenvalue weighted by Crippen LogP contribution is -2.35. The molecule has 0 radical (unpaired) electrons. The molecule has 0 bridgehead atoms. The van der Waals surface area contributed by atoms with E-state index in [2.05, 4.69) is 15.9 Å². The van der Waals surface area contributed by atoms with Gasteiger partial charge in [-0.15, -0.1) is 0 Å². The number of halogens is 1. The highest BCUT2D eigenvalue weighted by Crippen LogP contribution is 2.29. The second-order valence-corrected chi connectivity index (χ2v) is 5.07. The lowest BCUT2D eigenvalue weighted by atomic mass is 10.1. The fourth-order valence-electron chi connectivity index (χ4n) is 2.25. The Morgan fingerprint density at radius 1 is 1.44 bits per heavy atom. The van der Waals surface area contributed by atoms with Crippen LogP contribution in [-0.4, -0.2) is 33.8 Å². The van der Waals surface area contributed by atoms with Crippen molar-refractivity contribution < 1.29 is 14.7 Å². The Morgan fingerprint density at radius 2 is 2.11 bits per heavy atom. The van der Waals surface area contributed by atoms with Crippen LogP contribution in [0.4, 0.5) is 0 Å². The molecule has 18 heavy (non-hydrogen) atoms. The molecule has 5 heteroatoms. The summed E-state index contributed by atoms with van der Waals surface area (Å²) in [6, 6.07) is 8.01. The molecule has 1 aromatic carbocycles. The lowest BCUT2D eigenvalue weighted by Gasteiger charge is -2.24. The number of aliphatic carboxylic acids is 1. The van der Waals surface area contributed by atoms with Gasteiger partial charge in [-0.3, -0.25) is 4.79 Å². The molecule has 1 aliphatic heterocycles. The summed E-state index contributed by atoms with van der Waals surface area (Å²) >= 11 is 3.35. The standard InChI is InChI=1S/C13H14BrNO3/c14-7-9-6-11(16)15(8-9)12(13(17)18)10-4-2-1-3-5-10/h1-5,9,12H,6-8H2,(H,17,18). The highest BCUT2D eigenvalue weighted by Gasteiger charge is 2.37. The van der Waals surface area contributed by atoms with Crippen molar-refractivity contribution in [2.24, 2.45) is 5.92 Å². The molecule has 1 saturated heterocycles. The van der Waals surface area contributed by atoms with E-state index < -0.39 is 12.0 Å². The van der Waals surface area contributed by atoms with Crippen molar-refractivity contribution in [1.29, 1.82) is 0 Å². The van der Waals surface area contributed by atoms with Crippen LogP contribution in [0.25, 0.3) is 0 Å². The first-order valence-electron chi connectivity index (χ1n) is 5.76. The molecular formula is C13H14BrNO3. The molecule has 0 aromatic heterocycles. The fraction of sp³-hybridized carbons (Fsp3) is 0.385. The summed E-state index contributed by atoms with van der Waals surface area (Å²) in [4.78, 5) is 24.8. The van der Waals surface area contributed by atoms with Crippen LogP contribution >= 0.6 is 15.9 Å². The van der Waals surface area contributed by atoms with E-state index in [0.717, 1.165) is 5.33 Å². The van der Waals surface area contributed by atoms with Crippen molar-refractivity contribution in [3.05, 3.63) is 35.9 Å². The van der Waals surface area contributed by atoms with Gasteiger partial charge in [-0.1, -0.05) is 46.3 Å². The molecule has 1 aromatic rings. The molecular weight excluding hydrogens is 298 g/mol. The summed E-state index contributed by atoms with van der Waals surface area (Å²) in [5, 5.41) is 10.1. The Hall–Kier alpha value is -1.36. The molecule has 0 saturated carbocycles. The van der Waals surface area contributed by atoms with Crippen LogP contribution in [0, 0.1) is 5.92 Å². The Morgan fingerprint density at radius 3 is 2.61 bits per heavy atom. The van der Waals surface area contributed by atoms with Gasteiger partial charge in [-0.2, -0.15) is 0 Å². The smallest absolute Gasteiger partial charge is 0.331 e. The maximum absolute atomic E-state index is 11.9. The number of benzene rings is 1. The summed E-state index contributed by atoms with van der Waals surface area (Å²) in [6.07, 6.45) is 0.419. The molecule has 2 rings (SSSR count). The van der Waals surface area contributed by atoms with Gasteiger partial charge in [0.15, 0.2) is 6.04 Å². The third kappa shape index (κ3) is 2.56.